The molecule has 1 atom stereocenters. The highest BCUT2D eigenvalue weighted by Crippen LogP contribution is 2.09. The van der Waals surface area contributed by atoms with Gasteiger partial charge in [0, 0.05) is 0 Å². The molecule has 94 valence electrons. The van der Waals surface area contributed by atoms with Gasteiger partial charge in [0.05, 0.1) is 11.9 Å². The number of ether oxygens (including phenoxy) is 1. The SMILES string of the molecule is CC(C)[C@H](NC(=O)OC(C)(C)C)C(=O)CCl. The summed E-state index contributed by atoms with van der Waals surface area (Å²) in [5, 5.41) is 2.53. The fraction of sp³-hybridized carbons (Fsp3) is 0.818. The number of nitrogens with one attached hydrogen (secondary N) is 1. The summed E-state index contributed by atoms with van der Waals surface area (Å²) in [6, 6.07) is -0.590. The van der Waals surface area contributed by atoms with E-state index in [9.17, 15) is 9.59 Å². The molecule has 0 aliphatic heterocycles. The Labute approximate surface area is 102 Å². The Bertz CT molecular complexity index is 258. The standard InChI is InChI=1S/C11H20ClNO3/c1-7(2)9(8(14)6-12)13-10(15)16-11(3,4)5/h7,9H,6H2,1-5H3,(H,13,15)/t9-/m0/s1. The zero-order chi connectivity index (χ0) is 12.9. The zero-order valence-electron chi connectivity index (χ0n) is 10.5. The molecule has 4 nitrogen and oxygen atoms in total. The maximum atomic E-state index is 11.5. The number of Topliss-reactive ketones (excluding diaryl/α,β-unsaturated/α-hetero) is 1. The van der Waals surface area contributed by atoms with E-state index in [-0.39, 0.29) is 17.6 Å². The summed E-state index contributed by atoms with van der Waals surface area (Å²) in [5.41, 5.74) is -0.574. The van der Waals surface area contributed by atoms with Gasteiger partial charge in [0.1, 0.15) is 5.60 Å². The fourth-order valence-corrected chi connectivity index (χ4v) is 1.30. The van der Waals surface area contributed by atoms with Gasteiger partial charge >= 0.3 is 6.09 Å². The molecule has 0 bridgehead atoms. The van der Waals surface area contributed by atoms with Crippen LogP contribution < -0.4 is 5.32 Å². The first-order chi connectivity index (χ1) is 7.17. The first kappa shape index (κ1) is 15.2. The van der Waals surface area contributed by atoms with E-state index < -0.39 is 17.7 Å². The van der Waals surface area contributed by atoms with E-state index in [0.717, 1.165) is 0 Å². The Morgan fingerprint density at radius 1 is 1.31 bits per heavy atom. The van der Waals surface area contributed by atoms with Crippen LogP contribution in [0.2, 0.25) is 0 Å². The first-order valence-corrected chi connectivity index (χ1v) is 5.79. The average molecular weight is 250 g/mol. The summed E-state index contributed by atoms with van der Waals surface area (Å²) in [6.45, 7) is 8.97. The number of carbonyl (C=O) groups is 2. The Kier molecular flexibility index (Phi) is 5.79. The van der Waals surface area contributed by atoms with Crippen molar-refractivity contribution in [2.24, 2.45) is 5.92 Å². The topological polar surface area (TPSA) is 55.4 Å². The van der Waals surface area contributed by atoms with Gasteiger partial charge in [-0.05, 0) is 26.7 Å². The predicted octanol–water partition coefficient (Wildman–Crippen LogP) is 2.34. The highest BCUT2D eigenvalue weighted by atomic mass is 35.5. The zero-order valence-corrected chi connectivity index (χ0v) is 11.2. The van der Waals surface area contributed by atoms with Gasteiger partial charge in [-0.1, -0.05) is 13.8 Å². The fourth-order valence-electron chi connectivity index (χ4n) is 1.14. The Hall–Kier alpha value is -0.770. The number of halogens is 1. The largest absolute Gasteiger partial charge is 0.444 e. The maximum Gasteiger partial charge on any atom is 0.408 e. The number of rotatable bonds is 4. The van der Waals surface area contributed by atoms with E-state index >= 15 is 0 Å². The number of hydrogen-bond acceptors (Lipinski definition) is 3. The third-order valence-corrected chi connectivity index (χ3v) is 2.08. The van der Waals surface area contributed by atoms with Crippen molar-refractivity contribution in [1.82, 2.24) is 5.32 Å². The van der Waals surface area contributed by atoms with Crippen LogP contribution in [0.4, 0.5) is 4.79 Å². The van der Waals surface area contributed by atoms with Gasteiger partial charge in [-0.2, -0.15) is 0 Å². The van der Waals surface area contributed by atoms with Gasteiger partial charge < -0.3 is 10.1 Å². The quantitative estimate of drug-likeness (QED) is 0.778. The molecule has 0 fully saturated rings. The molecule has 16 heavy (non-hydrogen) atoms. The number of alkyl carbamates (subject to hydrolysis) is 1. The minimum absolute atomic E-state index is 0.0150. The predicted molar refractivity (Wildman–Crippen MR) is 63.7 cm³/mol. The Balaban J connectivity index is 4.42. The van der Waals surface area contributed by atoms with Crippen molar-refractivity contribution >= 4 is 23.5 Å². The Morgan fingerprint density at radius 2 is 1.81 bits per heavy atom. The molecule has 0 unspecified atom stereocenters. The number of hydrogen-bond donors (Lipinski definition) is 1. The van der Waals surface area contributed by atoms with Crippen LogP contribution in [0.25, 0.3) is 0 Å². The molecule has 0 saturated carbocycles. The summed E-state index contributed by atoms with van der Waals surface area (Å²) in [7, 11) is 0. The summed E-state index contributed by atoms with van der Waals surface area (Å²) in [6.07, 6.45) is -0.593. The highest BCUT2D eigenvalue weighted by Gasteiger charge is 2.25. The van der Waals surface area contributed by atoms with E-state index in [2.05, 4.69) is 5.32 Å². The summed E-state index contributed by atoms with van der Waals surface area (Å²) >= 11 is 5.47. The van der Waals surface area contributed by atoms with Crippen LogP contribution in [0.3, 0.4) is 0 Å². The minimum atomic E-state index is -0.593. The normalized spacial score (nSPS) is 13.4. The van der Waals surface area contributed by atoms with Gasteiger partial charge in [0.25, 0.3) is 0 Å². The molecule has 0 aromatic rings. The van der Waals surface area contributed by atoms with Crippen LogP contribution in [0.1, 0.15) is 34.6 Å². The monoisotopic (exact) mass is 249 g/mol. The number of carbonyl (C=O) groups excluding carboxylic acids is 2. The second-order valence-electron chi connectivity index (χ2n) is 4.97. The van der Waals surface area contributed by atoms with Gasteiger partial charge in [-0.15, -0.1) is 11.6 Å². The molecule has 1 N–H and O–H groups in total. The lowest BCUT2D eigenvalue weighted by atomic mass is 10.0. The van der Waals surface area contributed by atoms with Crippen molar-refractivity contribution < 1.29 is 14.3 Å². The lowest BCUT2D eigenvalue weighted by Crippen LogP contribution is -2.46. The third-order valence-electron chi connectivity index (χ3n) is 1.82. The van der Waals surface area contributed by atoms with Crippen molar-refractivity contribution in [3.63, 3.8) is 0 Å². The van der Waals surface area contributed by atoms with Gasteiger partial charge in [0.15, 0.2) is 5.78 Å². The van der Waals surface area contributed by atoms with E-state index in [1.165, 1.54) is 0 Å². The molecule has 0 aromatic carbocycles. The second kappa shape index (κ2) is 6.09. The minimum Gasteiger partial charge on any atom is -0.444 e. The molecule has 0 radical (unpaired) electrons. The number of amides is 1. The Morgan fingerprint density at radius 3 is 2.12 bits per heavy atom. The molecule has 0 aliphatic carbocycles. The van der Waals surface area contributed by atoms with Crippen LogP contribution in [0, 0.1) is 5.92 Å². The summed E-state index contributed by atoms with van der Waals surface area (Å²) < 4.78 is 5.07. The summed E-state index contributed by atoms with van der Waals surface area (Å²) in [5.74, 6) is -0.333. The number of ketones is 1. The summed E-state index contributed by atoms with van der Waals surface area (Å²) in [4.78, 5) is 22.9. The van der Waals surface area contributed by atoms with Crippen LogP contribution >= 0.6 is 11.6 Å². The first-order valence-electron chi connectivity index (χ1n) is 5.25. The van der Waals surface area contributed by atoms with E-state index in [4.69, 9.17) is 16.3 Å². The molecule has 0 aliphatic rings. The van der Waals surface area contributed by atoms with Gasteiger partial charge in [-0.3, -0.25) is 4.79 Å². The lowest BCUT2D eigenvalue weighted by molar-refractivity contribution is -0.119. The molecule has 0 heterocycles. The average Bonchev–Trinajstić information content (AvgIpc) is 2.09. The lowest BCUT2D eigenvalue weighted by Gasteiger charge is -2.24. The van der Waals surface area contributed by atoms with E-state index in [1.807, 2.05) is 13.8 Å². The molecule has 0 aromatic heterocycles. The van der Waals surface area contributed by atoms with Crippen LogP contribution in [-0.2, 0) is 9.53 Å². The molecule has 1 amide bonds. The van der Waals surface area contributed by atoms with Crippen LogP contribution in [0.15, 0.2) is 0 Å². The van der Waals surface area contributed by atoms with Crippen molar-refractivity contribution in [2.45, 2.75) is 46.3 Å². The molecule has 0 rings (SSSR count). The number of alkyl halides is 1. The molecular weight excluding hydrogens is 230 g/mol. The highest BCUT2D eigenvalue weighted by molar-refractivity contribution is 6.28. The molecule has 0 saturated heterocycles. The van der Waals surface area contributed by atoms with Gasteiger partial charge in [-0.25, -0.2) is 4.79 Å². The molecule has 0 spiro atoms. The molecular formula is C11H20ClNO3. The van der Waals surface area contributed by atoms with Crippen molar-refractivity contribution in [2.75, 3.05) is 5.88 Å². The van der Waals surface area contributed by atoms with Crippen LogP contribution in [0.5, 0.6) is 0 Å². The van der Waals surface area contributed by atoms with Crippen molar-refractivity contribution in [3.05, 3.63) is 0 Å². The van der Waals surface area contributed by atoms with E-state index in [1.54, 1.807) is 20.8 Å². The van der Waals surface area contributed by atoms with Gasteiger partial charge in [0.2, 0.25) is 0 Å². The van der Waals surface area contributed by atoms with Crippen molar-refractivity contribution in [1.29, 1.82) is 0 Å². The van der Waals surface area contributed by atoms with Crippen LogP contribution in [-0.4, -0.2) is 29.4 Å². The second-order valence-corrected chi connectivity index (χ2v) is 5.24. The smallest absolute Gasteiger partial charge is 0.408 e. The maximum absolute atomic E-state index is 11.5. The third kappa shape index (κ3) is 5.95. The van der Waals surface area contributed by atoms with Crippen molar-refractivity contribution in [3.8, 4) is 0 Å². The molecule has 5 heteroatoms. The van der Waals surface area contributed by atoms with E-state index in [0.29, 0.717) is 0 Å².